The van der Waals surface area contributed by atoms with Crippen LogP contribution in [0.4, 0.5) is 0 Å². The highest BCUT2D eigenvalue weighted by molar-refractivity contribution is 4.43. The van der Waals surface area contributed by atoms with Crippen LogP contribution in [0.25, 0.3) is 5.14 Å². The normalized spacial score (nSPS) is 1.75. The van der Waals surface area contributed by atoms with Crippen LogP contribution in [0.3, 0.4) is 0 Å². The zero-order valence-electron chi connectivity index (χ0n) is 1.80. The molecule has 0 atom stereocenters. The van der Waals surface area contributed by atoms with Crippen LogP contribution in [0.5, 0.6) is 0 Å². The van der Waals surface area contributed by atoms with Gasteiger partial charge in [0.05, 0.1) is 0 Å². The molecule has 0 aliphatic rings. The standard InChI is InChI=1S/C.N2O/c;1-2-3. The van der Waals surface area contributed by atoms with Gasteiger partial charge < -0.3 is 5.21 Å². The van der Waals surface area contributed by atoms with Gasteiger partial charge in [-0.2, -0.15) is 0 Å². The summed E-state index contributed by atoms with van der Waals surface area (Å²) in [7, 11) is 0. The van der Waals surface area contributed by atoms with E-state index in [9.17, 15) is 0 Å². The number of hydrogen-bond donors (Lipinski definition) is 0. The van der Waals surface area contributed by atoms with Gasteiger partial charge in [0.1, 0.15) is 0 Å². The highest BCUT2D eigenvalue weighted by Crippen LogP contribution is 1.32. The first kappa shape index (κ1) is 10.7. The minimum absolute atomic E-state index is 0. The first-order valence-electron chi connectivity index (χ1n) is 0.383. The Morgan fingerprint density at radius 3 is 1.75 bits per heavy atom. The average molecular weight is 56.0 g/mol. The van der Waals surface area contributed by atoms with Gasteiger partial charge in [0.15, 0.2) is 0 Å². The number of hydrogen-bond acceptors (Lipinski definition) is 2. The molecule has 0 amide bonds. The van der Waals surface area contributed by atoms with E-state index < -0.39 is 0 Å². The molecule has 3 heteroatoms. The molecule has 0 unspecified atom stereocenters. The fourth-order valence-corrected chi connectivity index (χ4v) is 0. The summed E-state index contributed by atoms with van der Waals surface area (Å²) in [6.07, 6.45) is 0. The fraction of sp³-hybridized carbons (Fsp3) is 0. The Morgan fingerprint density at radius 1 is 1.75 bits per heavy atom. The second-order valence-corrected chi connectivity index (χ2v) is 0.0816. The molecular formula is CN2O. The van der Waals surface area contributed by atoms with Crippen molar-refractivity contribution in [2.75, 3.05) is 0 Å². The second-order valence-electron chi connectivity index (χ2n) is 0.0816. The Labute approximate surface area is 24.5 Å². The summed E-state index contributed by atoms with van der Waals surface area (Å²) in [5.74, 6) is 0. The monoisotopic (exact) mass is 56.0 g/mol. The smallest absolute Gasteiger partial charge is 0.237 e. The molecule has 0 bridgehead atoms. The molecule has 0 aromatic rings. The van der Waals surface area contributed by atoms with Crippen LogP contribution in [-0.2, 0) is 0 Å². The van der Waals surface area contributed by atoms with Gasteiger partial charge in [0.25, 0.3) is 0 Å². The summed E-state index contributed by atoms with van der Waals surface area (Å²) in [6, 6.07) is 0. The molecule has 0 saturated carbocycles. The summed E-state index contributed by atoms with van der Waals surface area (Å²) in [6.45, 7) is 0. The Balaban J connectivity index is 0. The molecule has 4 radical (unpaired) electrons. The molecule has 0 rings (SSSR count). The summed E-state index contributed by atoms with van der Waals surface area (Å²) >= 11 is 0. The Morgan fingerprint density at radius 2 is 1.75 bits per heavy atom. The molecule has 0 aliphatic heterocycles. The molecule has 0 aromatic carbocycles. The van der Waals surface area contributed by atoms with Crippen molar-refractivity contribution in [1.29, 1.82) is 5.39 Å². The topological polar surface area (TPSA) is 51.2 Å². The lowest BCUT2D eigenvalue weighted by Gasteiger charge is -1.26. The zero-order chi connectivity index (χ0) is 2.71. The fourth-order valence-electron chi connectivity index (χ4n) is 0. The molecule has 4 heavy (non-hydrogen) atoms. The summed E-state index contributed by atoms with van der Waals surface area (Å²) in [5, 5.41) is 16.0. The number of rotatable bonds is 0. The van der Waals surface area contributed by atoms with E-state index >= 15 is 0 Å². The Hall–Kier alpha value is -0.780. The van der Waals surface area contributed by atoms with E-state index in [-0.39, 0.29) is 7.43 Å². The molecule has 0 N–H and O–H groups in total. The second kappa shape index (κ2) is 68.3. The summed E-state index contributed by atoms with van der Waals surface area (Å²) < 4.78 is 0. The van der Waals surface area contributed by atoms with Crippen molar-refractivity contribution in [2.45, 2.75) is 0 Å². The molecule has 0 fully saturated rings. The van der Waals surface area contributed by atoms with Gasteiger partial charge in [-0.1, -0.05) is 0 Å². The van der Waals surface area contributed by atoms with Crippen molar-refractivity contribution in [3.8, 4) is 0 Å². The van der Waals surface area contributed by atoms with Gasteiger partial charge in [-0.05, 0) is 0 Å². The highest BCUT2D eigenvalue weighted by Gasteiger charge is 1.19. The quantitative estimate of drug-likeness (QED) is 0.298. The van der Waals surface area contributed by atoms with Gasteiger partial charge >= 0.3 is 0 Å². The summed E-state index contributed by atoms with van der Waals surface area (Å²) in [4.78, 5) is 0. The lowest BCUT2D eigenvalue weighted by Crippen LogP contribution is -1.00. The van der Waals surface area contributed by atoms with Crippen LogP contribution in [0.1, 0.15) is 0 Å². The van der Waals surface area contributed by atoms with Crippen molar-refractivity contribution in [2.24, 2.45) is 0 Å². The van der Waals surface area contributed by atoms with Crippen LogP contribution in [-0.4, -0.2) is 0 Å². The lowest BCUT2D eigenvalue weighted by atomic mass is 12.0. The van der Waals surface area contributed by atoms with Gasteiger partial charge in [-0.25, -0.2) is 0 Å². The van der Waals surface area contributed by atoms with Crippen LogP contribution in [0.15, 0.2) is 0 Å². The van der Waals surface area contributed by atoms with Gasteiger partial charge in [0, 0.05) is 7.43 Å². The minimum atomic E-state index is 0. The maximum absolute atomic E-state index is 8.11. The highest BCUT2D eigenvalue weighted by atomic mass is 16.4. The van der Waals surface area contributed by atoms with E-state index in [1.54, 1.807) is 0 Å². The molecule has 0 saturated heterocycles. The average Bonchev–Trinajstić information content (AvgIpc) is 0.918. The van der Waals surface area contributed by atoms with E-state index in [1.165, 1.54) is 5.14 Å². The Kier molecular flexibility index (Phi) is 182. The SMILES string of the molecule is N#[N+][O-].[C]. The van der Waals surface area contributed by atoms with Crippen molar-refractivity contribution >= 4 is 0 Å². The molecular weight excluding hydrogens is 56.0 g/mol. The molecule has 0 aromatic heterocycles. The third kappa shape index (κ3) is 0.0971. The Bertz CT molecular complexity index is 27.5. The van der Waals surface area contributed by atoms with Crippen LogP contribution < -0.4 is 0 Å². The lowest BCUT2D eigenvalue weighted by molar-refractivity contribution is 1.48. The zero-order valence-corrected chi connectivity index (χ0v) is 1.80. The van der Waals surface area contributed by atoms with Gasteiger partial charge in [-0.3, -0.25) is 0 Å². The van der Waals surface area contributed by atoms with Gasteiger partial charge in [0.2, 0.25) is 10.5 Å². The van der Waals surface area contributed by atoms with E-state index in [4.69, 9.17) is 10.6 Å². The third-order valence-corrected chi connectivity index (χ3v) is 0. The predicted octanol–water partition coefficient (Wildman–Crippen LogP) is 0.419. The maximum Gasteiger partial charge on any atom is 0.237 e. The number of diazo groups is 1. The summed E-state index contributed by atoms with van der Waals surface area (Å²) in [5.41, 5.74) is 0. The maximum atomic E-state index is 8.11. The van der Waals surface area contributed by atoms with E-state index in [2.05, 4.69) is 0 Å². The van der Waals surface area contributed by atoms with Crippen LogP contribution >= 0.6 is 0 Å². The van der Waals surface area contributed by atoms with Crippen LogP contribution in [0, 0.1) is 18.0 Å². The largest absolute Gasteiger partial charge is 0.463 e. The molecule has 3 nitrogen and oxygen atoms in total. The molecule has 0 spiro atoms. The van der Waals surface area contributed by atoms with Crippen molar-refractivity contribution < 1.29 is 0 Å². The molecule has 20 valence electrons. The van der Waals surface area contributed by atoms with Crippen molar-refractivity contribution in [3.63, 3.8) is 0 Å². The van der Waals surface area contributed by atoms with E-state index in [0.29, 0.717) is 0 Å². The van der Waals surface area contributed by atoms with Crippen molar-refractivity contribution in [3.05, 3.63) is 17.8 Å². The van der Waals surface area contributed by atoms with Crippen molar-refractivity contribution in [1.82, 2.24) is 0 Å². The molecule has 0 aliphatic carbocycles. The minimum Gasteiger partial charge on any atom is -0.463 e. The van der Waals surface area contributed by atoms with Crippen LogP contribution in [0.2, 0.25) is 0 Å². The number of nitrogens with zero attached hydrogens (tertiary/aromatic N) is 2. The molecule has 0 heterocycles. The first-order chi connectivity index (χ1) is 1.41. The van der Waals surface area contributed by atoms with Gasteiger partial charge in [-0.15, -0.1) is 0 Å². The first-order valence-corrected chi connectivity index (χ1v) is 0.383. The van der Waals surface area contributed by atoms with E-state index in [1.807, 2.05) is 0 Å². The third-order valence-electron chi connectivity index (χ3n) is 0. The van der Waals surface area contributed by atoms with E-state index in [0.717, 1.165) is 0 Å². The predicted molar refractivity (Wildman–Crippen MR) is 11.7 cm³/mol.